The third kappa shape index (κ3) is 4.85. The van der Waals surface area contributed by atoms with Crippen molar-refractivity contribution >= 4 is 29.1 Å². The summed E-state index contributed by atoms with van der Waals surface area (Å²) in [5, 5.41) is 0. The molecule has 33 heavy (non-hydrogen) atoms. The van der Waals surface area contributed by atoms with Crippen molar-refractivity contribution in [1.29, 1.82) is 0 Å². The lowest BCUT2D eigenvalue weighted by Gasteiger charge is -2.29. The molecule has 8 heteroatoms. The van der Waals surface area contributed by atoms with Gasteiger partial charge in [-0.15, -0.1) is 0 Å². The molecule has 0 atom stereocenters. The molecule has 0 aliphatic carbocycles. The summed E-state index contributed by atoms with van der Waals surface area (Å²) in [5.41, 5.74) is 2.86. The molecule has 0 bridgehead atoms. The molecule has 2 aliphatic rings. The molecule has 4 rings (SSSR count). The van der Waals surface area contributed by atoms with E-state index < -0.39 is 0 Å². The number of para-hydroxylation sites is 1. The van der Waals surface area contributed by atoms with Gasteiger partial charge in [0.25, 0.3) is 11.8 Å². The highest BCUT2D eigenvalue weighted by molar-refractivity contribution is 6.01. The Morgan fingerprint density at radius 1 is 0.939 bits per heavy atom. The van der Waals surface area contributed by atoms with Gasteiger partial charge in [-0.25, -0.2) is 0 Å². The fourth-order valence-corrected chi connectivity index (χ4v) is 4.30. The molecule has 0 saturated heterocycles. The first-order valence-electron chi connectivity index (χ1n) is 11.2. The monoisotopic (exact) mass is 450 g/mol. The number of benzene rings is 2. The largest absolute Gasteiger partial charge is 0.482 e. The van der Waals surface area contributed by atoms with Crippen molar-refractivity contribution in [2.45, 2.75) is 19.9 Å². The summed E-state index contributed by atoms with van der Waals surface area (Å²) in [6, 6.07) is 13.0. The number of ether oxygens (including phenoxy) is 1. The van der Waals surface area contributed by atoms with Crippen LogP contribution >= 0.6 is 0 Å². The van der Waals surface area contributed by atoms with E-state index in [2.05, 4.69) is 4.90 Å². The summed E-state index contributed by atoms with van der Waals surface area (Å²) >= 11 is 0. The van der Waals surface area contributed by atoms with Crippen molar-refractivity contribution in [3.8, 4) is 5.75 Å². The van der Waals surface area contributed by atoms with Gasteiger partial charge in [-0.1, -0.05) is 18.2 Å². The molecular weight excluding hydrogens is 420 g/mol. The van der Waals surface area contributed by atoms with Crippen molar-refractivity contribution in [1.82, 2.24) is 9.80 Å². The predicted molar refractivity (Wildman–Crippen MR) is 127 cm³/mol. The van der Waals surface area contributed by atoms with Crippen LogP contribution in [0.2, 0.25) is 0 Å². The average Bonchev–Trinajstić information content (AvgIpc) is 2.84. The first-order valence-corrected chi connectivity index (χ1v) is 11.2. The number of carbonyl (C=O) groups excluding carboxylic acids is 3. The quantitative estimate of drug-likeness (QED) is 0.667. The molecule has 0 aromatic heterocycles. The smallest absolute Gasteiger partial charge is 0.264 e. The predicted octanol–water partition coefficient (Wildman–Crippen LogP) is 2.37. The molecule has 8 nitrogen and oxygen atoms in total. The lowest BCUT2D eigenvalue weighted by molar-refractivity contribution is -0.121. The van der Waals surface area contributed by atoms with Crippen LogP contribution in [0.4, 0.5) is 11.4 Å². The zero-order chi connectivity index (χ0) is 23.5. The molecule has 2 aromatic rings. The molecule has 2 heterocycles. The van der Waals surface area contributed by atoms with E-state index in [1.54, 1.807) is 37.1 Å². The van der Waals surface area contributed by atoms with Gasteiger partial charge in [0.05, 0.1) is 5.69 Å². The van der Waals surface area contributed by atoms with Crippen LogP contribution in [-0.2, 0) is 16.1 Å². The second-order valence-electron chi connectivity index (χ2n) is 8.61. The molecule has 0 saturated carbocycles. The molecule has 3 amide bonds. The van der Waals surface area contributed by atoms with Crippen LogP contribution in [0.1, 0.15) is 29.3 Å². The molecule has 2 aromatic carbocycles. The van der Waals surface area contributed by atoms with Crippen LogP contribution in [0.5, 0.6) is 5.75 Å². The van der Waals surface area contributed by atoms with E-state index >= 15 is 0 Å². The Balaban J connectivity index is 1.68. The van der Waals surface area contributed by atoms with Crippen molar-refractivity contribution in [2.24, 2.45) is 0 Å². The highest BCUT2D eigenvalue weighted by Crippen LogP contribution is 2.32. The summed E-state index contributed by atoms with van der Waals surface area (Å²) in [6.45, 7) is 4.70. The van der Waals surface area contributed by atoms with Crippen LogP contribution in [0.15, 0.2) is 42.5 Å². The lowest BCUT2D eigenvalue weighted by atomic mass is 10.1. The number of anilines is 2. The minimum absolute atomic E-state index is 0.00130. The fourth-order valence-electron chi connectivity index (χ4n) is 4.30. The molecule has 0 N–H and O–H groups in total. The van der Waals surface area contributed by atoms with Gasteiger partial charge in [0.15, 0.2) is 6.61 Å². The van der Waals surface area contributed by atoms with Gasteiger partial charge < -0.3 is 24.3 Å². The van der Waals surface area contributed by atoms with Crippen LogP contribution in [0.25, 0.3) is 0 Å². The number of rotatable bonds is 1. The zero-order valence-electron chi connectivity index (χ0n) is 19.4. The maximum absolute atomic E-state index is 13.6. The first kappa shape index (κ1) is 22.8. The van der Waals surface area contributed by atoms with E-state index in [9.17, 15) is 14.4 Å². The number of nitrogens with zero attached hydrogens (tertiary/aromatic N) is 4. The Hall–Kier alpha value is -3.39. The minimum atomic E-state index is -0.151. The Kier molecular flexibility index (Phi) is 6.65. The van der Waals surface area contributed by atoms with Gasteiger partial charge in [-0.3, -0.25) is 14.4 Å². The van der Waals surface area contributed by atoms with Crippen LogP contribution in [0.3, 0.4) is 0 Å². The number of carbonyl (C=O) groups is 3. The first-order chi connectivity index (χ1) is 15.8. The summed E-state index contributed by atoms with van der Waals surface area (Å²) in [7, 11) is 3.72. The zero-order valence-corrected chi connectivity index (χ0v) is 19.4. The molecule has 0 fully saturated rings. The molecular formula is C25H30N4O4. The number of likely N-dealkylation sites (N-methyl/N-ethyl adjacent to an activating group) is 2. The van der Waals surface area contributed by atoms with Crippen molar-refractivity contribution < 1.29 is 19.1 Å². The van der Waals surface area contributed by atoms with Crippen molar-refractivity contribution in [3.63, 3.8) is 0 Å². The Morgan fingerprint density at radius 2 is 1.73 bits per heavy atom. The highest BCUT2D eigenvalue weighted by atomic mass is 16.5. The SMILES string of the molecule is CC(=O)N1CCCN(C)CCN(C(=O)c2ccc3c(c2)N(C)C(=O)CO3)Cc2ccccc21. The van der Waals surface area contributed by atoms with Crippen molar-refractivity contribution in [3.05, 3.63) is 53.6 Å². The maximum atomic E-state index is 13.6. The summed E-state index contributed by atoms with van der Waals surface area (Å²) in [4.78, 5) is 45.4. The highest BCUT2D eigenvalue weighted by Gasteiger charge is 2.26. The molecule has 0 unspecified atom stereocenters. The Morgan fingerprint density at radius 3 is 2.52 bits per heavy atom. The molecule has 0 radical (unpaired) electrons. The second kappa shape index (κ2) is 9.62. The van der Waals surface area contributed by atoms with Gasteiger partial charge in [-0.2, -0.15) is 0 Å². The Labute approximate surface area is 194 Å². The number of fused-ring (bicyclic) bond motifs is 2. The summed E-state index contributed by atoms with van der Waals surface area (Å²) < 4.78 is 5.50. The Bertz CT molecular complexity index is 1070. The maximum Gasteiger partial charge on any atom is 0.264 e. The van der Waals surface area contributed by atoms with Crippen LogP contribution < -0.4 is 14.5 Å². The van der Waals surface area contributed by atoms with Gasteiger partial charge >= 0.3 is 0 Å². The summed E-state index contributed by atoms with van der Waals surface area (Å²) in [6.07, 6.45) is 0.851. The lowest BCUT2D eigenvalue weighted by Crippen LogP contribution is -2.38. The standard InChI is InChI=1S/C25H30N4O4/c1-18(30)29-12-6-11-26(2)13-14-28(16-20-7-4-5-8-21(20)29)25(32)19-9-10-23-22(15-19)27(3)24(31)17-33-23/h4-5,7-10,15H,6,11-14,16-17H2,1-3H3. The van der Waals surface area contributed by atoms with E-state index in [1.807, 2.05) is 36.2 Å². The van der Waals surface area contributed by atoms with Gasteiger partial charge in [0.1, 0.15) is 5.75 Å². The third-order valence-electron chi connectivity index (χ3n) is 6.28. The topological polar surface area (TPSA) is 73.4 Å². The van der Waals surface area contributed by atoms with Gasteiger partial charge in [-0.05, 0) is 49.8 Å². The number of hydrogen-bond donors (Lipinski definition) is 0. The second-order valence-corrected chi connectivity index (χ2v) is 8.61. The number of amides is 3. The van der Waals surface area contributed by atoms with Gasteiger partial charge in [0, 0.05) is 51.4 Å². The van der Waals surface area contributed by atoms with Gasteiger partial charge in [0.2, 0.25) is 5.91 Å². The van der Waals surface area contributed by atoms with Crippen LogP contribution in [0, 0.1) is 0 Å². The normalized spacial score (nSPS) is 17.5. The molecule has 0 spiro atoms. The molecule has 174 valence electrons. The third-order valence-corrected chi connectivity index (χ3v) is 6.28. The van der Waals surface area contributed by atoms with E-state index in [-0.39, 0.29) is 24.3 Å². The number of hydrogen-bond acceptors (Lipinski definition) is 5. The van der Waals surface area contributed by atoms with Crippen LogP contribution in [-0.4, -0.2) is 74.4 Å². The van der Waals surface area contributed by atoms with E-state index in [0.29, 0.717) is 36.6 Å². The fraction of sp³-hybridized carbons (Fsp3) is 0.400. The van der Waals surface area contributed by atoms with E-state index in [4.69, 9.17) is 4.74 Å². The summed E-state index contributed by atoms with van der Waals surface area (Å²) in [5.74, 6) is 0.307. The molecule has 2 aliphatic heterocycles. The van der Waals surface area contributed by atoms with E-state index in [0.717, 1.165) is 30.8 Å². The van der Waals surface area contributed by atoms with E-state index in [1.165, 1.54) is 4.90 Å². The van der Waals surface area contributed by atoms with Crippen molar-refractivity contribution in [2.75, 3.05) is 56.7 Å². The minimum Gasteiger partial charge on any atom is -0.482 e. The average molecular weight is 451 g/mol.